The number of nitrogens with zero attached hydrogens (tertiary/aromatic N) is 1. The maximum Gasteiger partial charge on any atom is 0.0981 e. The second-order valence-corrected chi connectivity index (χ2v) is 5.84. The van der Waals surface area contributed by atoms with E-state index >= 15 is 0 Å². The third-order valence-electron chi connectivity index (χ3n) is 5.09. The van der Waals surface area contributed by atoms with E-state index in [0.29, 0.717) is 5.92 Å². The van der Waals surface area contributed by atoms with Gasteiger partial charge in [0, 0.05) is 12.1 Å². The van der Waals surface area contributed by atoms with Gasteiger partial charge in [0.2, 0.25) is 0 Å². The van der Waals surface area contributed by atoms with Crippen LogP contribution < -0.4 is 5.73 Å². The van der Waals surface area contributed by atoms with Gasteiger partial charge in [0.25, 0.3) is 0 Å². The van der Waals surface area contributed by atoms with E-state index in [1.807, 2.05) is 0 Å². The summed E-state index contributed by atoms with van der Waals surface area (Å²) in [6, 6.07) is 0. The summed E-state index contributed by atoms with van der Waals surface area (Å²) in [5.41, 5.74) is 5.61. The van der Waals surface area contributed by atoms with Crippen LogP contribution in [0.15, 0.2) is 0 Å². The molecule has 0 spiro atoms. The standard InChI is InChI=1S/C12H22N2O/c13-11(5-1-2-6-11)12(15)9-14-7-3-10(12)4-8-14/h10,15H,1-9,13H2. The topological polar surface area (TPSA) is 49.5 Å². The van der Waals surface area contributed by atoms with Gasteiger partial charge < -0.3 is 15.7 Å². The first-order valence-corrected chi connectivity index (χ1v) is 6.38. The highest BCUT2D eigenvalue weighted by Gasteiger charge is 2.57. The van der Waals surface area contributed by atoms with E-state index in [2.05, 4.69) is 4.90 Å². The maximum atomic E-state index is 11.0. The molecule has 3 N–H and O–H groups in total. The average Bonchev–Trinajstić information content (AvgIpc) is 2.68. The minimum atomic E-state index is -0.583. The Morgan fingerprint density at radius 2 is 1.73 bits per heavy atom. The van der Waals surface area contributed by atoms with Gasteiger partial charge in [-0.15, -0.1) is 0 Å². The molecular formula is C12H22N2O. The van der Waals surface area contributed by atoms with Gasteiger partial charge in [0.05, 0.1) is 5.60 Å². The Morgan fingerprint density at radius 3 is 2.20 bits per heavy atom. The van der Waals surface area contributed by atoms with E-state index in [4.69, 9.17) is 5.73 Å². The van der Waals surface area contributed by atoms with Crippen LogP contribution in [0.1, 0.15) is 38.5 Å². The molecule has 0 radical (unpaired) electrons. The number of aliphatic hydroxyl groups is 1. The molecule has 4 fully saturated rings. The highest BCUT2D eigenvalue weighted by molar-refractivity contribution is 5.13. The van der Waals surface area contributed by atoms with Gasteiger partial charge >= 0.3 is 0 Å². The van der Waals surface area contributed by atoms with Crippen molar-refractivity contribution in [2.24, 2.45) is 11.7 Å². The SMILES string of the molecule is NC1(C2(O)CN3CCC2CC3)CCCC1. The highest BCUT2D eigenvalue weighted by atomic mass is 16.3. The molecule has 2 bridgehead atoms. The molecule has 3 saturated heterocycles. The van der Waals surface area contributed by atoms with Gasteiger partial charge in [-0.3, -0.25) is 0 Å². The monoisotopic (exact) mass is 210 g/mol. The molecule has 1 aliphatic carbocycles. The van der Waals surface area contributed by atoms with Crippen LogP contribution in [-0.4, -0.2) is 40.8 Å². The van der Waals surface area contributed by atoms with Crippen molar-refractivity contribution in [2.75, 3.05) is 19.6 Å². The fourth-order valence-corrected chi connectivity index (χ4v) is 4.04. The largest absolute Gasteiger partial charge is 0.386 e. The van der Waals surface area contributed by atoms with Crippen LogP contribution in [-0.2, 0) is 0 Å². The van der Waals surface area contributed by atoms with E-state index in [0.717, 1.165) is 32.2 Å². The average molecular weight is 210 g/mol. The molecule has 0 aromatic heterocycles. The van der Waals surface area contributed by atoms with Crippen LogP contribution in [0.2, 0.25) is 0 Å². The lowest BCUT2D eigenvalue weighted by Gasteiger charge is -2.56. The Labute approximate surface area is 91.6 Å². The molecule has 1 unspecified atom stereocenters. The van der Waals surface area contributed by atoms with E-state index in [9.17, 15) is 5.11 Å². The van der Waals surface area contributed by atoms with Crippen molar-refractivity contribution in [1.82, 2.24) is 4.90 Å². The fraction of sp³-hybridized carbons (Fsp3) is 1.00. The number of rotatable bonds is 1. The van der Waals surface area contributed by atoms with E-state index < -0.39 is 5.60 Å². The lowest BCUT2D eigenvalue weighted by molar-refractivity contribution is -0.154. The first kappa shape index (κ1) is 10.1. The molecule has 3 heteroatoms. The second-order valence-electron chi connectivity index (χ2n) is 5.84. The predicted octanol–water partition coefficient (Wildman–Crippen LogP) is 0.715. The van der Waals surface area contributed by atoms with Crippen molar-refractivity contribution in [2.45, 2.75) is 49.7 Å². The smallest absolute Gasteiger partial charge is 0.0981 e. The van der Waals surface area contributed by atoms with Gasteiger partial charge in [0.1, 0.15) is 0 Å². The molecule has 3 heterocycles. The van der Waals surface area contributed by atoms with Crippen LogP contribution in [0.3, 0.4) is 0 Å². The lowest BCUT2D eigenvalue weighted by Crippen LogP contribution is -2.72. The summed E-state index contributed by atoms with van der Waals surface area (Å²) in [5, 5.41) is 11.0. The van der Waals surface area contributed by atoms with Gasteiger partial charge in [0.15, 0.2) is 0 Å². The zero-order valence-corrected chi connectivity index (χ0v) is 9.41. The quantitative estimate of drug-likeness (QED) is 0.670. The minimum absolute atomic E-state index is 0.281. The summed E-state index contributed by atoms with van der Waals surface area (Å²) in [4.78, 5) is 2.40. The summed E-state index contributed by atoms with van der Waals surface area (Å²) in [6.07, 6.45) is 6.74. The molecule has 0 aromatic rings. The van der Waals surface area contributed by atoms with Crippen LogP contribution in [0.25, 0.3) is 0 Å². The Bertz CT molecular complexity index is 254. The summed E-state index contributed by atoms with van der Waals surface area (Å²) < 4.78 is 0. The Hall–Kier alpha value is -0.120. The van der Waals surface area contributed by atoms with Gasteiger partial charge in [-0.05, 0) is 44.7 Å². The van der Waals surface area contributed by atoms with Crippen LogP contribution in [0.5, 0.6) is 0 Å². The lowest BCUT2D eigenvalue weighted by atomic mass is 9.64. The molecular weight excluding hydrogens is 188 g/mol. The fourth-order valence-electron chi connectivity index (χ4n) is 4.04. The third kappa shape index (κ3) is 1.30. The number of hydrogen-bond acceptors (Lipinski definition) is 3. The van der Waals surface area contributed by atoms with Crippen molar-refractivity contribution >= 4 is 0 Å². The summed E-state index contributed by atoms with van der Waals surface area (Å²) >= 11 is 0. The number of nitrogens with two attached hydrogens (primary N) is 1. The maximum absolute atomic E-state index is 11.0. The molecule has 4 rings (SSSR count). The zero-order valence-electron chi connectivity index (χ0n) is 9.41. The molecule has 4 aliphatic rings. The minimum Gasteiger partial charge on any atom is -0.386 e. The van der Waals surface area contributed by atoms with Crippen molar-refractivity contribution in [3.8, 4) is 0 Å². The summed E-state index contributed by atoms with van der Waals surface area (Å²) in [5.74, 6) is 0.464. The molecule has 3 aliphatic heterocycles. The van der Waals surface area contributed by atoms with Crippen molar-refractivity contribution in [3.63, 3.8) is 0 Å². The van der Waals surface area contributed by atoms with E-state index in [-0.39, 0.29) is 5.54 Å². The molecule has 3 nitrogen and oxygen atoms in total. The number of piperidine rings is 3. The summed E-state index contributed by atoms with van der Waals surface area (Å²) in [7, 11) is 0. The van der Waals surface area contributed by atoms with E-state index in [1.54, 1.807) is 0 Å². The zero-order chi connectivity index (χ0) is 10.5. The predicted molar refractivity (Wildman–Crippen MR) is 59.5 cm³/mol. The van der Waals surface area contributed by atoms with Crippen molar-refractivity contribution in [3.05, 3.63) is 0 Å². The molecule has 1 saturated carbocycles. The first-order chi connectivity index (χ1) is 7.14. The third-order valence-corrected chi connectivity index (χ3v) is 5.09. The Balaban J connectivity index is 1.89. The summed E-state index contributed by atoms with van der Waals surface area (Å²) in [6.45, 7) is 3.17. The van der Waals surface area contributed by atoms with Crippen molar-refractivity contribution < 1.29 is 5.11 Å². The molecule has 1 atom stereocenters. The number of hydrogen-bond donors (Lipinski definition) is 2. The number of fused-ring (bicyclic) bond motifs is 3. The molecule has 15 heavy (non-hydrogen) atoms. The van der Waals surface area contributed by atoms with E-state index in [1.165, 1.54) is 25.9 Å². The van der Waals surface area contributed by atoms with Crippen LogP contribution in [0, 0.1) is 5.92 Å². The van der Waals surface area contributed by atoms with Crippen LogP contribution in [0.4, 0.5) is 0 Å². The molecule has 0 aromatic carbocycles. The van der Waals surface area contributed by atoms with Gasteiger partial charge in [-0.25, -0.2) is 0 Å². The molecule has 86 valence electrons. The first-order valence-electron chi connectivity index (χ1n) is 6.38. The van der Waals surface area contributed by atoms with Crippen molar-refractivity contribution in [1.29, 1.82) is 0 Å². The Morgan fingerprint density at radius 1 is 1.13 bits per heavy atom. The molecule has 0 amide bonds. The Kier molecular flexibility index (Phi) is 2.14. The normalized spacial score (nSPS) is 48.4. The van der Waals surface area contributed by atoms with Crippen LogP contribution >= 0.6 is 0 Å². The van der Waals surface area contributed by atoms with Gasteiger partial charge in [-0.1, -0.05) is 12.8 Å². The highest BCUT2D eigenvalue weighted by Crippen LogP contribution is 2.47. The second kappa shape index (κ2) is 3.19. The van der Waals surface area contributed by atoms with Gasteiger partial charge in [-0.2, -0.15) is 0 Å².